The monoisotopic (exact) mass is 382 g/mol. The van der Waals surface area contributed by atoms with Crippen molar-refractivity contribution in [2.24, 2.45) is 0 Å². The summed E-state index contributed by atoms with van der Waals surface area (Å²) in [6, 6.07) is 16.4. The smallest absolute Gasteiger partial charge is 0.253 e. The molecule has 2 aromatic carbocycles. The predicted molar refractivity (Wildman–Crippen MR) is 107 cm³/mol. The molecule has 0 spiro atoms. The lowest BCUT2D eigenvalue weighted by Gasteiger charge is -2.43. The number of carbonyl (C=O) groups excluding carboxylic acids is 1. The predicted octanol–water partition coefficient (Wildman–Crippen LogP) is 3.28. The normalized spacial score (nSPS) is 24.3. The molecule has 2 heterocycles. The van der Waals surface area contributed by atoms with Gasteiger partial charge < -0.3 is 10.0 Å². The van der Waals surface area contributed by atoms with Crippen molar-refractivity contribution in [3.63, 3.8) is 0 Å². The molecule has 0 saturated carbocycles. The molecule has 1 amide bonds. The Labute approximate surface area is 165 Å². The van der Waals surface area contributed by atoms with Crippen LogP contribution in [0.3, 0.4) is 0 Å². The van der Waals surface area contributed by atoms with E-state index >= 15 is 0 Å². The SMILES string of the molecule is O=C(c1ccccc1)N1CCC(N2CC[C@@H](c3ccc(F)cc3)[C@H](O)C2)CC1. The number of aliphatic hydroxyl groups excluding tert-OH is 1. The summed E-state index contributed by atoms with van der Waals surface area (Å²) in [6.07, 6.45) is 2.30. The van der Waals surface area contributed by atoms with Crippen molar-refractivity contribution < 1.29 is 14.3 Å². The molecular formula is C23H27FN2O2. The Morgan fingerprint density at radius 2 is 1.61 bits per heavy atom. The highest BCUT2D eigenvalue weighted by Crippen LogP contribution is 2.31. The molecule has 2 aromatic rings. The van der Waals surface area contributed by atoms with Crippen molar-refractivity contribution in [1.29, 1.82) is 0 Å². The molecule has 0 radical (unpaired) electrons. The van der Waals surface area contributed by atoms with Gasteiger partial charge in [0.25, 0.3) is 5.91 Å². The van der Waals surface area contributed by atoms with Gasteiger partial charge in [0.2, 0.25) is 0 Å². The number of halogens is 1. The largest absolute Gasteiger partial charge is 0.391 e. The molecule has 4 nitrogen and oxygen atoms in total. The van der Waals surface area contributed by atoms with E-state index < -0.39 is 6.10 Å². The summed E-state index contributed by atoms with van der Waals surface area (Å²) in [6.45, 7) is 3.08. The van der Waals surface area contributed by atoms with E-state index in [9.17, 15) is 14.3 Å². The first-order valence-electron chi connectivity index (χ1n) is 10.1. The van der Waals surface area contributed by atoms with Gasteiger partial charge in [-0.2, -0.15) is 0 Å². The minimum Gasteiger partial charge on any atom is -0.391 e. The molecule has 2 aliphatic heterocycles. The highest BCUT2D eigenvalue weighted by atomic mass is 19.1. The average Bonchev–Trinajstić information content (AvgIpc) is 2.75. The lowest BCUT2D eigenvalue weighted by molar-refractivity contribution is 0.0120. The number of carbonyl (C=O) groups is 1. The molecule has 2 atom stereocenters. The Morgan fingerprint density at radius 1 is 0.929 bits per heavy atom. The number of hydrogen-bond acceptors (Lipinski definition) is 3. The maximum Gasteiger partial charge on any atom is 0.253 e. The molecule has 5 heteroatoms. The lowest BCUT2D eigenvalue weighted by atomic mass is 9.86. The molecule has 28 heavy (non-hydrogen) atoms. The molecule has 1 N–H and O–H groups in total. The second-order valence-electron chi connectivity index (χ2n) is 7.90. The zero-order chi connectivity index (χ0) is 19.5. The van der Waals surface area contributed by atoms with Crippen LogP contribution >= 0.6 is 0 Å². The van der Waals surface area contributed by atoms with Gasteiger partial charge in [0.1, 0.15) is 5.82 Å². The number of rotatable bonds is 3. The lowest BCUT2D eigenvalue weighted by Crippen LogP contribution is -2.52. The van der Waals surface area contributed by atoms with Gasteiger partial charge in [0, 0.05) is 37.2 Å². The molecule has 0 aliphatic carbocycles. The van der Waals surface area contributed by atoms with Gasteiger partial charge in [0.05, 0.1) is 6.10 Å². The van der Waals surface area contributed by atoms with Crippen LogP contribution in [0.25, 0.3) is 0 Å². The number of nitrogens with zero attached hydrogens (tertiary/aromatic N) is 2. The van der Waals surface area contributed by atoms with Crippen LogP contribution in [-0.2, 0) is 0 Å². The second kappa shape index (κ2) is 8.41. The molecule has 2 saturated heterocycles. The van der Waals surface area contributed by atoms with E-state index in [2.05, 4.69) is 4.90 Å². The standard InChI is InChI=1S/C23H27FN2O2/c24-19-8-6-17(7-9-19)21-12-15-26(16-22(21)27)20-10-13-25(14-11-20)23(28)18-4-2-1-3-5-18/h1-9,20-22,27H,10-16H2/t21-,22+/m0/s1. The van der Waals surface area contributed by atoms with E-state index in [-0.39, 0.29) is 17.6 Å². The topological polar surface area (TPSA) is 43.8 Å². The van der Waals surface area contributed by atoms with E-state index in [0.29, 0.717) is 12.6 Å². The van der Waals surface area contributed by atoms with Crippen LogP contribution in [0.5, 0.6) is 0 Å². The van der Waals surface area contributed by atoms with E-state index in [0.717, 1.165) is 50.0 Å². The summed E-state index contributed by atoms with van der Waals surface area (Å²) in [4.78, 5) is 16.9. The summed E-state index contributed by atoms with van der Waals surface area (Å²) in [5.74, 6) is -0.0711. The number of amides is 1. The van der Waals surface area contributed by atoms with Crippen LogP contribution in [0.2, 0.25) is 0 Å². The summed E-state index contributed by atoms with van der Waals surface area (Å²) >= 11 is 0. The third-order valence-corrected chi connectivity index (χ3v) is 6.20. The summed E-state index contributed by atoms with van der Waals surface area (Å²) < 4.78 is 13.2. The van der Waals surface area contributed by atoms with Crippen LogP contribution in [0, 0.1) is 5.82 Å². The molecule has 4 rings (SSSR count). The van der Waals surface area contributed by atoms with Crippen molar-refractivity contribution in [1.82, 2.24) is 9.80 Å². The van der Waals surface area contributed by atoms with Gasteiger partial charge in [-0.1, -0.05) is 30.3 Å². The molecule has 2 aliphatic rings. The number of likely N-dealkylation sites (tertiary alicyclic amines) is 2. The van der Waals surface area contributed by atoms with E-state index in [1.54, 1.807) is 12.1 Å². The molecule has 0 unspecified atom stereocenters. The van der Waals surface area contributed by atoms with E-state index in [4.69, 9.17) is 0 Å². The minimum absolute atomic E-state index is 0.0663. The Bertz CT molecular complexity index is 788. The van der Waals surface area contributed by atoms with Crippen LogP contribution in [0.4, 0.5) is 4.39 Å². The Balaban J connectivity index is 1.31. The maximum absolute atomic E-state index is 13.2. The number of β-amino-alcohol motifs (C(OH)–C–C–N with tert-alkyl or cyclic N) is 1. The fourth-order valence-corrected chi connectivity index (χ4v) is 4.58. The molecular weight excluding hydrogens is 355 g/mol. The summed E-state index contributed by atoms with van der Waals surface area (Å²) in [5, 5.41) is 10.7. The quantitative estimate of drug-likeness (QED) is 0.886. The number of hydrogen-bond donors (Lipinski definition) is 1. The zero-order valence-corrected chi connectivity index (χ0v) is 16.0. The zero-order valence-electron chi connectivity index (χ0n) is 16.0. The van der Waals surface area contributed by atoms with Crippen LogP contribution in [0.15, 0.2) is 54.6 Å². The highest BCUT2D eigenvalue weighted by Gasteiger charge is 2.34. The van der Waals surface area contributed by atoms with Gasteiger partial charge >= 0.3 is 0 Å². The molecule has 148 valence electrons. The van der Waals surface area contributed by atoms with Crippen LogP contribution in [0.1, 0.15) is 41.1 Å². The van der Waals surface area contributed by atoms with Crippen molar-refractivity contribution in [2.45, 2.75) is 37.3 Å². The first kappa shape index (κ1) is 19.1. The Kier molecular flexibility index (Phi) is 5.74. The molecule has 2 fully saturated rings. The molecule has 0 bridgehead atoms. The minimum atomic E-state index is -0.441. The van der Waals surface area contributed by atoms with Crippen LogP contribution < -0.4 is 0 Å². The van der Waals surface area contributed by atoms with Gasteiger partial charge in [-0.3, -0.25) is 9.69 Å². The summed E-state index contributed by atoms with van der Waals surface area (Å²) in [7, 11) is 0. The Hall–Kier alpha value is -2.24. The van der Waals surface area contributed by atoms with Crippen molar-refractivity contribution in [2.75, 3.05) is 26.2 Å². The third-order valence-electron chi connectivity index (χ3n) is 6.20. The van der Waals surface area contributed by atoms with Crippen molar-refractivity contribution in [3.8, 4) is 0 Å². The number of benzene rings is 2. The van der Waals surface area contributed by atoms with Crippen molar-refractivity contribution in [3.05, 3.63) is 71.5 Å². The fraction of sp³-hybridized carbons (Fsp3) is 0.435. The van der Waals surface area contributed by atoms with E-state index in [1.807, 2.05) is 35.2 Å². The fourth-order valence-electron chi connectivity index (χ4n) is 4.58. The first-order chi connectivity index (χ1) is 13.6. The van der Waals surface area contributed by atoms with Crippen LogP contribution in [-0.4, -0.2) is 59.1 Å². The molecule has 0 aromatic heterocycles. The summed E-state index contributed by atoms with van der Waals surface area (Å²) in [5.41, 5.74) is 1.76. The van der Waals surface area contributed by atoms with Gasteiger partial charge in [0.15, 0.2) is 0 Å². The first-order valence-corrected chi connectivity index (χ1v) is 10.1. The maximum atomic E-state index is 13.2. The Morgan fingerprint density at radius 3 is 2.25 bits per heavy atom. The number of piperidine rings is 2. The second-order valence-corrected chi connectivity index (χ2v) is 7.90. The van der Waals surface area contributed by atoms with Gasteiger partial charge in [-0.05, 0) is 55.6 Å². The highest BCUT2D eigenvalue weighted by molar-refractivity contribution is 5.94. The van der Waals surface area contributed by atoms with Gasteiger partial charge in [-0.15, -0.1) is 0 Å². The third kappa shape index (κ3) is 4.10. The number of aliphatic hydroxyl groups is 1. The average molecular weight is 382 g/mol. The van der Waals surface area contributed by atoms with Gasteiger partial charge in [-0.25, -0.2) is 4.39 Å². The van der Waals surface area contributed by atoms with Crippen molar-refractivity contribution >= 4 is 5.91 Å². The van der Waals surface area contributed by atoms with E-state index in [1.165, 1.54) is 12.1 Å².